The molecule has 1 N–H and O–H groups in total. The lowest BCUT2D eigenvalue weighted by Crippen LogP contribution is -2.18. The maximum absolute atomic E-state index is 11.7. The Bertz CT molecular complexity index is 509. The van der Waals surface area contributed by atoms with Crippen molar-refractivity contribution in [2.45, 2.75) is 19.8 Å². The number of nitrogens with one attached hydrogen (secondary N) is 1. The van der Waals surface area contributed by atoms with E-state index in [4.69, 9.17) is 4.74 Å². The molecule has 0 radical (unpaired) electrons. The topological polar surface area (TPSA) is 99.5 Å². The summed E-state index contributed by atoms with van der Waals surface area (Å²) in [6.45, 7) is 1.91. The van der Waals surface area contributed by atoms with Gasteiger partial charge in [-0.1, -0.05) is 0 Å². The number of aromatic nitrogens is 2. The highest BCUT2D eigenvalue weighted by Crippen LogP contribution is 2.15. The maximum atomic E-state index is 11.7. The number of amides is 1. The Morgan fingerprint density at radius 1 is 1.35 bits per heavy atom. The minimum Gasteiger partial charge on any atom is -0.469 e. The quantitative estimate of drug-likeness (QED) is 0.763. The van der Waals surface area contributed by atoms with Crippen LogP contribution in [0.2, 0.25) is 0 Å². The molecule has 8 nitrogen and oxygen atoms in total. The number of nitrogens with zero attached hydrogens (tertiary/aromatic N) is 2. The zero-order valence-corrected chi connectivity index (χ0v) is 11.6. The molecule has 0 atom stereocenters. The smallest absolute Gasteiger partial charge is 0.343 e. The standard InChI is InChI=1S/C12H17N3O5/c1-4-20-12(18)8-7-13-15(2)11(8)14-9(16)5-6-10(17)19-3/h7H,4-6H2,1-3H3,(H,14,16). The van der Waals surface area contributed by atoms with Gasteiger partial charge in [0.05, 0.1) is 26.3 Å². The Morgan fingerprint density at radius 2 is 2.05 bits per heavy atom. The van der Waals surface area contributed by atoms with E-state index >= 15 is 0 Å². The SMILES string of the molecule is CCOC(=O)c1cnn(C)c1NC(=O)CCC(=O)OC. The molecule has 0 saturated carbocycles. The van der Waals surface area contributed by atoms with Gasteiger partial charge in [-0.15, -0.1) is 0 Å². The molecule has 1 heterocycles. The van der Waals surface area contributed by atoms with Gasteiger partial charge in [0, 0.05) is 13.5 Å². The summed E-state index contributed by atoms with van der Waals surface area (Å²) in [5, 5.41) is 6.42. The lowest BCUT2D eigenvalue weighted by Gasteiger charge is -2.07. The molecule has 0 saturated heterocycles. The van der Waals surface area contributed by atoms with Crippen LogP contribution >= 0.6 is 0 Å². The van der Waals surface area contributed by atoms with Crippen LogP contribution in [0.25, 0.3) is 0 Å². The van der Waals surface area contributed by atoms with Crippen molar-refractivity contribution in [1.29, 1.82) is 0 Å². The average Bonchev–Trinajstić information content (AvgIpc) is 2.78. The third-order valence-electron chi connectivity index (χ3n) is 2.48. The van der Waals surface area contributed by atoms with Crippen molar-refractivity contribution < 1.29 is 23.9 Å². The van der Waals surface area contributed by atoms with Gasteiger partial charge in [-0.25, -0.2) is 4.79 Å². The van der Waals surface area contributed by atoms with Crippen LogP contribution in [0.1, 0.15) is 30.1 Å². The molecule has 110 valence electrons. The first-order chi connectivity index (χ1) is 9.49. The van der Waals surface area contributed by atoms with Gasteiger partial charge in [0.15, 0.2) is 0 Å². The minimum absolute atomic E-state index is 0.0328. The fraction of sp³-hybridized carbons (Fsp3) is 0.500. The number of anilines is 1. The van der Waals surface area contributed by atoms with Gasteiger partial charge in [-0.2, -0.15) is 5.10 Å². The number of hydrogen-bond acceptors (Lipinski definition) is 6. The number of rotatable bonds is 6. The van der Waals surface area contributed by atoms with E-state index in [1.165, 1.54) is 18.0 Å². The van der Waals surface area contributed by atoms with Crippen LogP contribution in [-0.2, 0) is 26.1 Å². The molecular formula is C12H17N3O5. The van der Waals surface area contributed by atoms with E-state index in [-0.39, 0.29) is 30.8 Å². The van der Waals surface area contributed by atoms with Crippen molar-refractivity contribution in [1.82, 2.24) is 9.78 Å². The molecule has 0 fully saturated rings. The molecule has 1 aromatic rings. The zero-order valence-electron chi connectivity index (χ0n) is 11.6. The normalized spacial score (nSPS) is 9.95. The summed E-state index contributed by atoms with van der Waals surface area (Å²) in [7, 11) is 2.83. The maximum Gasteiger partial charge on any atom is 0.343 e. The third-order valence-corrected chi connectivity index (χ3v) is 2.48. The minimum atomic E-state index is -0.566. The molecule has 1 aromatic heterocycles. The van der Waals surface area contributed by atoms with Crippen LogP contribution < -0.4 is 5.32 Å². The number of carbonyl (C=O) groups is 3. The van der Waals surface area contributed by atoms with Gasteiger partial charge in [0.2, 0.25) is 5.91 Å². The van der Waals surface area contributed by atoms with E-state index < -0.39 is 17.8 Å². The van der Waals surface area contributed by atoms with E-state index in [0.717, 1.165) is 0 Å². The second-order valence-corrected chi connectivity index (χ2v) is 3.88. The van der Waals surface area contributed by atoms with Crippen molar-refractivity contribution in [3.63, 3.8) is 0 Å². The van der Waals surface area contributed by atoms with Crippen molar-refractivity contribution in [2.75, 3.05) is 19.0 Å². The fourth-order valence-corrected chi connectivity index (χ4v) is 1.46. The molecule has 1 rings (SSSR count). The van der Waals surface area contributed by atoms with E-state index in [9.17, 15) is 14.4 Å². The predicted molar refractivity (Wildman–Crippen MR) is 69.0 cm³/mol. The molecule has 0 aromatic carbocycles. The summed E-state index contributed by atoms with van der Waals surface area (Å²) in [4.78, 5) is 34.3. The Balaban J connectivity index is 2.71. The number of aryl methyl sites for hydroxylation is 1. The van der Waals surface area contributed by atoms with Crippen molar-refractivity contribution in [3.05, 3.63) is 11.8 Å². The number of carbonyl (C=O) groups excluding carboxylic acids is 3. The van der Waals surface area contributed by atoms with Crippen LogP contribution in [0.4, 0.5) is 5.82 Å². The lowest BCUT2D eigenvalue weighted by molar-refractivity contribution is -0.141. The van der Waals surface area contributed by atoms with Crippen LogP contribution in [-0.4, -0.2) is 41.3 Å². The number of esters is 2. The van der Waals surface area contributed by atoms with Crippen LogP contribution in [0.5, 0.6) is 0 Å². The van der Waals surface area contributed by atoms with E-state index in [2.05, 4.69) is 15.2 Å². The second-order valence-electron chi connectivity index (χ2n) is 3.88. The van der Waals surface area contributed by atoms with E-state index in [0.29, 0.717) is 0 Å². The predicted octanol–water partition coefficient (Wildman–Crippen LogP) is 0.488. The number of ether oxygens (including phenoxy) is 2. The van der Waals surface area contributed by atoms with Gasteiger partial charge >= 0.3 is 11.9 Å². The van der Waals surface area contributed by atoms with Gasteiger partial charge in [-0.05, 0) is 6.92 Å². The third kappa shape index (κ3) is 4.08. The highest BCUT2D eigenvalue weighted by molar-refractivity contribution is 6.00. The molecule has 1 amide bonds. The Labute approximate surface area is 116 Å². The molecule has 0 aliphatic heterocycles. The zero-order chi connectivity index (χ0) is 15.1. The molecule has 20 heavy (non-hydrogen) atoms. The lowest BCUT2D eigenvalue weighted by atomic mass is 10.3. The Hall–Kier alpha value is -2.38. The van der Waals surface area contributed by atoms with Crippen molar-refractivity contribution in [3.8, 4) is 0 Å². The first-order valence-corrected chi connectivity index (χ1v) is 6.05. The van der Waals surface area contributed by atoms with Crippen LogP contribution in [0.15, 0.2) is 6.20 Å². The molecule has 0 spiro atoms. The number of hydrogen-bond donors (Lipinski definition) is 1. The summed E-state index contributed by atoms with van der Waals surface area (Å²) >= 11 is 0. The molecule has 0 bridgehead atoms. The molecule has 8 heteroatoms. The summed E-state index contributed by atoms with van der Waals surface area (Å²) in [6, 6.07) is 0. The summed E-state index contributed by atoms with van der Waals surface area (Å²) in [5.74, 6) is -1.22. The molecule has 0 unspecified atom stereocenters. The van der Waals surface area contributed by atoms with Crippen molar-refractivity contribution in [2.24, 2.45) is 7.05 Å². The van der Waals surface area contributed by atoms with Gasteiger partial charge in [0.25, 0.3) is 0 Å². The summed E-state index contributed by atoms with van der Waals surface area (Å²) < 4.78 is 10.7. The van der Waals surface area contributed by atoms with Crippen LogP contribution in [0, 0.1) is 0 Å². The Morgan fingerprint density at radius 3 is 2.65 bits per heavy atom. The number of methoxy groups -OCH3 is 1. The molecule has 0 aliphatic rings. The average molecular weight is 283 g/mol. The van der Waals surface area contributed by atoms with E-state index in [1.54, 1.807) is 14.0 Å². The Kier molecular flexibility index (Phi) is 5.70. The summed E-state index contributed by atoms with van der Waals surface area (Å²) in [5.41, 5.74) is 0.167. The fourth-order valence-electron chi connectivity index (χ4n) is 1.46. The first kappa shape index (κ1) is 15.7. The van der Waals surface area contributed by atoms with Gasteiger partial charge in [-0.3, -0.25) is 14.3 Å². The molecular weight excluding hydrogens is 266 g/mol. The van der Waals surface area contributed by atoms with Gasteiger partial charge in [0.1, 0.15) is 11.4 Å². The highest BCUT2D eigenvalue weighted by atomic mass is 16.5. The van der Waals surface area contributed by atoms with Crippen LogP contribution in [0.3, 0.4) is 0 Å². The second kappa shape index (κ2) is 7.27. The first-order valence-electron chi connectivity index (χ1n) is 6.05. The molecule has 0 aliphatic carbocycles. The highest BCUT2D eigenvalue weighted by Gasteiger charge is 2.19. The largest absolute Gasteiger partial charge is 0.469 e. The van der Waals surface area contributed by atoms with E-state index in [1.807, 2.05) is 0 Å². The monoisotopic (exact) mass is 283 g/mol. The van der Waals surface area contributed by atoms with Crippen molar-refractivity contribution >= 4 is 23.7 Å². The van der Waals surface area contributed by atoms with Gasteiger partial charge < -0.3 is 14.8 Å². The summed E-state index contributed by atoms with van der Waals surface area (Å²) in [6.07, 6.45) is 1.24.